The number of rotatable bonds is 3. The molecule has 0 saturated carbocycles. The van der Waals surface area contributed by atoms with E-state index in [1.165, 1.54) is 25.7 Å². The first kappa shape index (κ1) is 11.1. The van der Waals surface area contributed by atoms with Gasteiger partial charge in [-0.05, 0) is 38.8 Å². The van der Waals surface area contributed by atoms with Crippen molar-refractivity contribution in [3.8, 4) is 0 Å². The fraction of sp³-hybridized carbons (Fsp3) is 0.692. The number of nitrogens with zero attached hydrogens (tertiary/aromatic N) is 3. The van der Waals surface area contributed by atoms with Gasteiger partial charge < -0.3 is 5.32 Å². The van der Waals surface area contributed by atoms with Crippen LogP contribution in [0.3, 0.4) is 0 Å². The lowest BCUT2D eigenvalue weighted by molar-refractivity contribution is 0.164. The van der Waals surface area contributed by atoms with Gasteiger partial charge in [0, 0.05) is 30.9 Å². The molecular formula is C13H20N4. The number of nitrogens with one attached hydrogen (secondary N) is 1. The third-order valence-electron chi connectivity index (χ3n) is 4.13. The topological polar surface area (TPSA) is 41.1 Å². The maximum absolute atomic E-state index is 4.30. The summed E-state index contributed by atoms with van der Waals surface area (Å²) in [6, 6.07) is 4.23. The molecule has 4 nitrogen and oxygen atoms in total. The summed E-state index contributed by atoms with van der Waals surface area (Å²) in [5, 5.41) is 3.69. The Morgan fingerprint density at radius 2 is 2.12 bits per heavy atom. The summed E-state index contributed by atoms with van der Waals surface area (Å²) in [7, 11) is 2.22. The highest BCUT2D eigenvalue weighted by molar-refractivity contribution is 5.00. The van der Waals surface area contributed by atoms with E-state index in [1.807, 2.05) is 12.3 Å². The van der Waals surface area contributed by atoms with Crippen LogP contribution in [0.5, 0.6) is 0 Å². The number of aromatic nitrogens is 2. The molecule has 2 unspecified atom stereocenters. The Labute approximate surface area is 102 Å². The number of hydrogen-bond donors (Lipinski definition) is 1. The van der Waals surface area contributed by atoms with E-state index in [4.69, 9.17) is 0 Å². The van der Waals surface area contributed by atoms with E-state index in [9.17, 15) is 0 Å². The summed E-state index contributed by atoms with van der Waals surface area (Å²) >= 11 is 0. The van der Waals surface area contributed by atoms with Crippen LogP contribution in [0, 0.1) is 0 Å². The largest absolute Gasteiger partial charge is 0.311 e. The molecule has 2 atom stereocenters. The molecule has 1 aromatic heterocycles. The molecular weight excluding hydrogens is 212 g/mol. The van der Waals surface area contributed by atoms with Gasteiger partial charge in [-0.1, -0.05) is 0 Å². The van der Waals surface area contributed by atoms with Gasteiger partial charge in [0.25, 0.3) is 0 Å². The van der Waals surface area contributed by atoms with Crippen molar-refractivity contribution in [2.75, 3.05) is 7.05 Å². The molecule has 2 fully saturated rings. The third-order valence-corrected chi connectivity index (χ3v) is 4.13. The molecule has 3 rings (SSSR count). The van der Waals surface area contributed by atoms with E-state index in [2.05, 4.69) is 27.2 Å². The van der Waals surface area contributed by atoms with Crippen molar-refractivity contribution >= 4 is 0 Å². The SMILES string of the molecule is CN(Cc1ccncn1)C1CC2CCC(C1)N2. The van der Waals surface area contributed by atoms with E-state index in [-0.39, 0.29) is 0 Å². The van der Waals surface area contributed by atoms with Crippen LogP contribution in [0.4, 0.5) is 0 Å². The molecule has 0 radical (unpaired) electrons. The maximum atomic E-state index is 4.30. The van der Waals surface area contributed by atoms with E-state index in [1.54, 1.807) is 6.33 Å². The van der Waals surface area contributed by atoms with Crippen LogP contribution < -0.4 is 5.32 Å². The second-order valence-corrected chi connectivity index (χ2v) is 5.38. The zero-order chi connectivity index (χ0) is 11.7. The van der Waals surface area contributed by atoms with Crippen molar-refractivity contribution in [2.45, 2.75) is 50.4 Å². The minimum Gasteiger partial charge on any atom is -0.311 e. The first-order valence-electron chi connectivity index (χ1n) is 6.52. The third kappa shape index (κ3) is 2.48. The number of fused-ring (bicyclic) bond motifs is 2. The van der Waals surface area contributed by atoms with E-state index in [0.717, 1.165) is 24.3 Å². The molecule has 0 spiro atoms. The quantitative estimate of drug-likeness (QED) is 0.850. The minimum atomic E-state index is 0.712. The van der Waals surface area contributed by atoms with Gasteiger partial charge in [0.15, 0.2) is 0 Å². The predicted octanol–water partition coefficient (Wildman–Crippen LogP) is 1.19. The number of hydrogen-bond acceptors (Lipinski definition) is 4. The highest BCUT2D eigenvalue weighted by atomic mass is 15.2. The molecule has 17 heavy (non-hydrogen) atoms. The summed E-state index contributed by atoms with van der Waals surface area (Å²) in [6.07, 6.45) is 8.76. The van der Waals surface area contributed by atoms with E-state index >= 15 is 0 Å². The Hall–Kier alpha value is -1.00. The standard InChI is InChI=1S/C13H20N4/c1-17(8-12-4-5-14-9-15-12)13-6-10-2-3-11(7-13)16-10/h4-5,9-11,13,16H,2-3,6-8H2,1H3. The lowest BCUT2D eigenvalue weighted by Gasteiger charge is -2.35. The molecule has 92 valence electrons. The monoisotopic (exact) mass is 232 g/mol. The van der Waals surface area contributed by atoms with Crippen LogP contribution in [0.25, 0.3) is 0 Å². The van der Waals surface area contributed by atoms with E-state index in [0.29, 0.717) is 6.04 Å². The van der Waals surface area contributed by atoms with Crippen molar-refractivity contribution in [1.82, 2.24) is 20.2 Å². The number of piperidine rings is 1. The molecule has 4 heteroatoms. The summed E-state index contributed by atoms with van der Waals surface area (Å²) in [5.41, 5.74) is 1.12. The van der Waals surface area contributed by atoms with Gasteiger partial charge in [-0.25, -0.2) is 9.97 Å². The van der Waals surface area contributed by atoms with Gasteiger partial charge in [-0.15, -0.1) is 0 Å². The van der Waals surface area contributed by atoms with Crippen LogP contribution in [0.15, 0.2) is 18.6 Å². The van der Waals surface area contributed by atoms with Gasteiger partial charge in [0.1, 0.15) is 6.33 Å². The Balaban J connectivity index is 1.61. The van der Waals surface area contributed by atoms with Crippen molar-refractivity contribution < 1.29 is 0 Å². The average Bonchev–Trinajstić information content (AvgIpc) is 2.69. The molecule has 1 aromatic rings. The van der Waals surface area contributed by atoms with Crippen LogP contribution in [0.2, 0.25) is 0 Å². The fourth-order valence-electron chi connectivity index (χ4n) is 3.18. The van der Waals surface area contributed by atoms with Crippen molar-refractivity contribution in [3.05, 3.63) is 24.3 Å². The minimum absolute atomic E-state index is 0.712. The van der Waals surface area contributed by atoms with Crippen LogP contribution in [0.1, 0.15) is 31.4 Å². The highest BCUT2D eigenvalue weighted by Crippen LogP contribution is 2.29. The predicted molar refractivity (Wildman–Crippen MR) is 66.5 cm³/mol. The van der Waals surface area contributed by atoms with Gasteiger partial charge in [0.2, 0.25) is 0 Å². The van der Waals surface area contributed by atoms with E-state index < -0.39 is 0 Å². The Kier molecular flexibility index (Phi) is 3.07. The summed E-state index contributed by atoms with van der Waals surface area (Å²) in [4.78, 5) is 10.7. The van der Waals surface area contributed by atoms with Crippen molar-refractivity contribution in [1.29, 1.82) is 0 Å². The van der Waals surface area contributed by atoms with Crippen LogP contribution in [-0.2, 0) is 6.54 Å². The molecule has 2 aliphatic rings. The molecule has 0 aromatic carbocycles. The molecule has 2 aliphatic heterocycles. The average molecular weight is 232 g/mol. The molecule has 2 bridgehead atoms. The molecule has 3 heterocycles. The van der Waals surface area contributed by atoms with Crippen molar-refractivity contribution in [2.24, 2.45) is 0 Å². The first-order chi connectivity index (χ1) is 8.31. The van der Waals surface area contributed by atoms with Gasteiger partial charge in [0.05, 0.1) is 5.69 Å². The summed E-state index contributed by atoms with van der Waals surface area (Å²) in [5.74, 6) is 0. The first-order valence-corrected chi connectivity index (χ1v) is 6.52. The second kappa shape index (κ2) is 4.70. The lowest BCUT2D eigenvalue weighted by atomic mass is 9.98. The zero-order valence-electron chi connectivity index (χ0n) is 10.3. The Morgan fingerprint density at radius 1 is 1.35 bits per heavy atom. The normalized spacial score (nSPS) is 32.0. The van der Waals surface area contributed by atoms with Gasteiger partial charge >= 0.3 is 0 Å². The Morgan fingerprint density at radius 3 is 2.76 bits per heavy atom. The Bertz CT molecular complexity index is 355. The highest BCUT2D eigenvalue weighted by Gasteiger charge is 2.34. The maximum Gasteiger partial charge on any atom is 0.115 e. The zero-order valence-corrected chi connectivity index (χ0v) is 10.3. The fourth-order valence-corrected chi connectivity index (χ4v) is 3.18. The summed E-state index contributed by atoms with van der Waals surface area (Å²) < 4.78 is 0. The smallest absolute Gasteiger partial charge is 0.115 e. The van der Waals surface area contributed by atoms with Gasteiger partial charge in [-0.2, -0.15) is 0 Å². The molecule has 0 aliphatic carbocycles. The van der Waals surface area contributed by atoms with Crippen molar-refractivity contribution in [3.63, 3.8) is 0 Å². The molecule has 1 N–H and O–H groups in total. The summed E-state index contributed by atoms with van der Waals surface area (Å²) in [6.45, 7) is 0.937. The van der Waals surface area contributed by atoms with Crippen LogP contribution >= 0.6 is 0 Å². The van der Waals surface area contributed by atoms with Gasteiger partial charge in [-0.3, -0.25) is 4.90 Å². The molecule has 2 saturated heterocycles. The lowest BCUT2D eigenvalue weighted by Crippen LogP contribution is -2.46. The second-order valence-electron chi connectivity index (χ2n) is 5.38. The molecule has 0 amide bonds. The van der Waals surface area contributed by atoms with Crippen LogP contribution in [-0.4, -0.2) is 40.0 Å².